The molecule has 12 aromatic carbocycles. The molecule has 0 bridgehead atoms. The van der Waals surface area contributed by atoms with Crippen LogP contribution in [0.4, 0.5) is 0 Å². The predicted octanol–water partition coefficient (Wildman–Crippen LogP) is 21.7. The molecule has 12 rings (SSSR count). The van der Waals surface area contributed by atoms with E-state index in [9.17, 15) is 0 Å². The fourth-order valence-corrected chi connectivity index (χ4v) is 26.4. The van der Waals surface area contributed by atoms with Crippen LogP contribution in [-0.4, -0.2) is 62.7 Å². The molecular weight excluding hydrogens is 2550 g/mol. The summed E-state index contributed by atoms with van der Waals surface area (Å²) in [6.07, 6.45) is 7.24. The van der Waals surface area contributed by atoms with E-state index >= 15 is 0 Å². The first-order valence-electron chi connectivity index (χ1n) is 32.9. The Morgan fingerprint density at radius 2 is 0.191 bits per heavy atom. The smallest absolute Gasteiger partial charge is 2.00 e. The molecule has 31 heteroatoms. The van der Waals surface area contributed by atoms with Gasteiger partial charge in [0.05, 0.1) is 0 Å². The Kier molecular flexibility index (Phi) is 83.6. The number of alkyl halides is 18. The van der Waals surface area contributed by atoms with Crippen LogP contribution < -0.4 is 88.5 Å². The maximum atomic E-state index is 4.81. The minimum absolute atomic E-state index is 0. The Bertz CT molecular complexity index is 3150. The van der Waals surface area contributed by atoms with Crippen LogP contribution in [0.15, 0.2) is 364 Å². The quantitative estimate of drug-likeness (QED) is 0.0497. The van der Waals surface area contributed by atoms with Crippen molar-refractivity contribution in [3.05, 3.63) is 364 Å². The molecule has 0 nitrogen and oxygen atoms in total. The normalized spacial score (nSPS) is 9.97. The summed E-state index contributed by atoms with van der Waals surface area (Å²) in [5.74, 6) is 0. The summed E-state index contributed by atoms with van der Waals surface area (Å²) in [7, 11) is -2.09. The van der Waals surface area contributed by atoms with Crippen LogP contribution in [0.5, 0.6) is 0 Å². The van der Waals surface area contributed by atoms with Crippen LogP contribution in [0.3, 0.4) is 0 Å². The Balaban J connectivity index is -0.000000683. The Morgan fingerprint density at radius 3 is 0.243 bits per heavy atom. The van der Waals surface area contributed by atoms with Gasteiger partial charge in [0.1, 0.15) is 0 Å². The average Bonchev–Trinajstić information content (AvgIpc) is 0.839. The van der Waals surface area contributed by atoms with Crippen molar-refractivity contribution in [3.8, 4) is 0 Å². The van der Waals surface area contributed by atoms with Crippen molar-refractivity contribution in [3.63, 3.8) is 0 Å². The van der Waals surface area contributed by atoms with Crippen molar-refractivity contribution >= 4 is 347 Å². The molecule has 12 aromatic rings. The average molecular weight is 2630 g/mol. The van der Waals surface area contributed by atoms with Crippen LogP contribution in [0.1, 0.15) is 0 Å². The van der Waals surface area contributed by atoms with Gasteiger partial charge in [0.15, 0.2) is 25.8 Å². The van der Waals surface area contributed by atoms with Gasteiger partial charge in [0, 0.05) is 0 Å². The third-order valence-corrected chi connectivity index (χ3v) is 30.6. The van der Waals surface area contributed by atoms with Gasteiger partial charge in [-0.05, 0) is 148 Å². The summed E-state index contributed by atoms with van der Waals surface area (Å²) >= 11 is 86.5. The molecule has 0 atom stereocenters. The molecule has 0 fully saturated rings. The van der Waals surface area contributed by atoms with Crippen molar-refractivity contribution in [1.82, 2.24) is 0 Å². The first kappa shape index (κ1) is 123. The zero-order valence-electron chi connectivity index (χ0n) is 60.4. The van der Waals surface area contributed by atoms with Crippen molar-refractivity contribution < 1.29 is 88.0 Å². The molecule has 0 spiro atoms. The zero-order valence-corrected chi connectivity index (χ0v) is 89.3. The first-order valence-corrected chi connectivity index (χ1v) is 50.0. The molecule has 0 unspecified atom stereocenters. The fraction of sp³-hybridized carbons (Fsp3) is 0.143. The Labute approximate surface area is 850 Å². The maximum Gasteiger partial charge on any atom is 2.00 e. The summed E-state index contributed by atoms with van der Waals surface area (Å²) in [4.78, 5) is 0. The molecule has 0 amide bonds. The van der Waals surface area contributed by atoms with E-state index in [2.05, 4.69) is 364 Å². The predicted molar refractivity (Wildman–Crippen MR) is 526 cm³/mol. The standard InChI is InChI=1S/3C26H24P2.6CHCl3.2ClH.3Pt.2S/c3*1-5-13-23(14-6-1)27(24-15-7-2-8-16-24)21-22-28(25-17-9-3-10-18-25)26-19-11-4-12-20-26;6*2-1(3)4;;;;;;;/h3*1-20H,21-22H2;6*1H;2*1H;;;;;/q;;;;;;;;;;;3*+2;2*-2/p-2. The van der Waals surface area contributed by atoms with Gasteiger partial charge in [-0.15, -0.1) is 0 Å². The third-order valence-electron chi connectivity index (χ3n) is 14.5. The topological polar surface area (TPSA) is 0 Å². The number of hydrogen-bond donors (Lipinski definition) is 0. The summed E-state index contributed by atoms with van der Waals surface area (Å²) in [5, 5.41) is 17.7. The minimum Gasteiger partial charge on any atom is -2.00 e. The van der Waals surface area contributed by atoms with E-state index < -0.39 is 25.8 Å². The van der Waals surface area contributed by atoms with Gasteiger partial charge in [-0.2, -0.15) is 0 Å². The largest absolute Gasteiger partial charge is 2.00 e. The van der Waals surface area contributed by atoms with E-state index in [4.69, 9.17) is 209 Å². The number of rotatable bonds is 21. The van der Waals surface area contributed by atoms with Gasteiger partial charge in [-0.25, -0.2) is 0 Å². The maximum absolute atomic E-state index is 4.81. The van der Waals surface area contributed by atoms with E-state index in [0.29, 0.717) is 0 Å². The van der Waals surface area contributed by atoms with Gasteiger partial charge in [-0.3, -0.25) is 0 Å². The molecule has 626 valence electrons. The second-order valence-corrected chi connectivity index (χ2v) is 47.3. The molecule has 115 heavy (non-hydrogen) atoms. The van der Waals surface area contributed by atoms with Crippen molar-refractivity contribution in [2.24, 2.45) is 0 Å². The molecule has 0 N–H and O–H groups in total. The van der Waals surface area contributed by atoms with Gasteiger partial charge < -0.3 is 51.8 Å². The molecule has 0 aliphatic heterocycles. The molecular formula is C84H78Cl20P6Pt3S2. The van der Waals surface area contributed by atoms with Crippen LogP contribution in [-0.2, 0) is 90.2 Å². The Morgan fingerprint density at radius 1 is 0.139 bits per heavy atom. The fourth-order valence-electron chi connectivity index (χ4n) is 10.3. The second kappa shape index (κ2) is 78.1. The van der Waals surface area contributed by atoms with Crippen LogP contribution in [0.2, 0.25) is 0 Å². The van der Waals surface area contributed by atoms with Gasteiger partial charge in [-0.1, -0.05) is 573 Å². The molecule has 0 saturated carbocycles. The van der Waals surface area contributed by atoms with E-state index in [0.717, 1.165) is 0 Å². The molecule has 0 aliphatic rings. The van der Waals surface area contributed by atoms with Gasteiger partial charge in [0.2, 0.25) is 0 Å². The van der Waals surface area contributed by atoms with E-state index in [-0.39, 0.29) is 163 Å². The van der Waals surface area contributed by atoms with Gasteiger partial charge >= 0.3 is 63.2 Å². The van der Waals surface area contributed by atoms with E-state index in [1.54, 1.807) is 0 Å². The number of halogens is 20. The summed E-state index contributed by atoms with van der Waals surface area (Å²) in [5.41, 5.74) is 0. The molecule has 0 aromatic heterocycles. The zero-order chi connectivity index (χ0) is 78.5. The monoisotopic (exact) mass is 2620 g/mol. The first-order chi connectivity index (χ1) is 52.1. The summed E-state index contributed by atoms with van der Waals surface area (Å²) in [6, 6.07) is 133. The number of benzene rings is 12. The van der Waals surface area contributed by atoms with Crippen molar-refractivity contribution in [2.75, 3.05) is 37.0 Å². The summed E-state index contributed by atoms with van der Waals surface area (Å²) in [6.45, 7) is 0. The molecule has 0 heterocycles. The third kappa shape index (κ3) is 58.0. The number of hydrogen-bond acceptors (Lipinski definition) is 0. The molecule has 0 aliphatic carbocycles. The van der Waals surface area contributed by atoms with Gasteiger partial charge in [0.25, 0.3) is 0 Å². The van der Waals surface area contributed by atoms with E-state index in [1.165, 1.54) is 101 Å². The van der Waals surface area contributed by atoms with E-state index in [1.807, 2.05) is 0 Å². The molecule has 0 saturated heterocycles. The van der Waals surface area contributed by atoms with Crippen molar-refractivity contribution in [2.45, 2.75) is 25.8 Å². The summed E-state index contributed by atoms with van der Waals surface area (Å²) < 4.78 is -4.50. The van der Waals surface area contributed by atoms with Crippen LogP contribution >= 0.6 is 256 Å². The van der Waals surface area contributed by atoms with Crippen LogP contribution in [0.25, 0.3) is 0 Å². The van der Waals surface area contributed by atoms with Crippen LogP contribution in [0, 0.1) is 0 Å². The minimum atomic E-state index is -0.750. The van der Waals surface area contributed by atoms with Crippen molar-refractivity contribution in [1.29, 1.82) is 0 Å². The Hall–Kier alpha value is 1.78. The molecule has 0 radical (unpaired) electrons. The second-order valence-electron chi connectivity index (χ2n) is 21.4. The SMILES string of the molecule is ClC(Cl)Cl.ClC(Cl)Cl.ClC(Cl)Cl.ClC(Cl)Cl.ClC(Cl)Cl.ClC(Cl)Cl.[Cl-].[Cl-].[Pt+2].[Pt+2].[Pt+2].[S-2].[S-2].c1ccc(P(CCP(c2ccccc2)c2ccccc2)c2ccccc2)cc1.c1ccc(P(CCP(c2ccccc2)c2ccccc2)c2ccccc2)cc1.c1ccc(P(CCP(c2ccccc2)c2ccccc2)c2ccccc2)cc1.